The lowest BCUT2D eigenvalue weighted by molar-refractivity contribution is 0.588. The van der Waals surface area contributed by atoms with Crippen molar-refractivity contribution in [3.05, 3.63) is 175 Å². The number of nitrogens with zero attached hydrogens (tertiary/aromatic N) is 7. The third-order valence-corrected chi connectivity index (χ3v) is 12.6. The number of benzene rings is 6. The van der Waals surface area contributed by atoms with Crippen LogP contribution in [0.3, 0.4) is 0 Å². The summed E-state index contributed by atoms with van der Waals surface area (Å²) in [5, 5.41) is 2.35. The van der Waals surface area contributed by atoms with Crippen molar-refractivity contribution in [3.8, 4) is 40.0 Å². The second-order valence-electron chi connectivity index (χ2n) is 20.2. The third kappa shape index (κ3) is 7.49. The summed E-state index contributed by atoms with van der Waals surface area (Å²) in [6.45, 7) is 21.0. The van der Waals surface area contributed by atoms with E-state index in [1.807, 2.05) is 24.4 Å². The van der Waals surface area contributed by atoms with Crippen LogP contribution in [0.1, 0.15) is 79.0 Å². The SMILES string of the molecule is CC(C)(C)c1ccc(N2CN(c3cccc(-c4nc(-c5ccccc5)nc(-c5ccc6c7cc(C(C)(C)C)ccc7n(-c7cc(C(C)(C)C)ccn7)c6c5)n4)c3)c3ccccc32)cc1. The van der Waals surface area contributed by atoms with E-state index < -0.39 is 0 Å². The zero-order valence-electron chi connectivity index (χ0n) is 38.3. The minimum absolute atomic E-state index is 0.00467. The van der Waals surface area contributed by atoms with Crippen LogP contribution in [-0.4, -0.2) is 31.2 Å². The molecule has 7 nitrogen and oxygen atoms in total. The monoisotopic (exact) mass is 837 g/mol. The molecule has 3 aromatic heterocycles. The number of hydrogen-bond acceptors (Lipinski definition) is 6. The average Bonchev–Trinajstić information content (AvgIpc) is 3.84. The maximum absolute atomic E-state index is 5.28. The Kier molecular flexibility index (Phi) is 9.78. The molecule has 10 rings (SSSR count). The fourth-order valence-corrected chi connectivity index (χ4v) is 8.84. The molecule has 6 aromatic carbocycles. The molecule has 0 N–H and O–H groups in total. The topological polar surface area (TPSA) is 63.0 Å². The summed E-state index contributed by atoms with van der Waals surface area (Å²) in [4.78, 5) is 25.4. The molecule has 0 radical (unpaired) electrons. The summed E-state index contributed by atoms with van der Waals surface area (Å²) in [5.74, 6) is 2.73. The first-order valence-electron chi connectivity index (χ1n) is 22.3. The molecule has 1 aliphatic rings. The van der Waals surface area contributed by atoms with Gasteiger partial charge in [0, 0.05) is 45.0 Å². The Hall–Kier alpha value is -7.12. The zero-order chi connectivity index (χ0) is 44.5. The van der Waals surface area contributed by atoms with Crippen LogP contribution in [0, 0.1) is 0 Å². The number of fused-ring (bicyclic) bond motifs is 4. The molecule has 0 saturated heterocycles. The normalized spacial score (nSPS) is 13.3. The van der Waals surface area contributed by atoms with E-state index in [9.17, 15) is 0 Å². The molecule has 0 saturated carbocycles. The molecule has 1 aliphatic heterocycles. The van der Waals surface area contributed by atoms with E-state index in [0.717, 1.165) is 56.0 Å². The Morgan fingerprint density at radius 3 is 1.62 bits per heavy atom. The minimum atomic E-state index is -0.0383. The molecule has 4 heterocycles. The van der Waals surface area contributed by atoms with Gasteiger partial charge in [0.15, 0.2) is 17.5 Å². The van der Waals surface area contributed by atoms with Gasteiger partial charge in [-0.1, -0.05) is 147 Å². The second kappa shape index (κ2) is 15.3. The van der Waals surface area contributed by atoms with Gasteiger partial charge in [0.25, 0.3) is 0 Å². The quantitative estimate of drug-likeness (QED) is 0.166. The van der Waals surface area contributed by atoms with Gasteiger partial charge < -0.3 is 9.80 Å². The molecule has 0 atom stereocenters. The van der Waals surface area contributed by atoms with E-state index >= 15 is 0 Å². The average molecular weight is 838 g/mol. The summed E-state index contributed by atoms with van der Waals surface area (Å²) in [5.41, 5.74) is 13.3. The van der Waals surface area contributed by atoms with Gasteiger partial charge in [0.2, 0.25) is 0 Å². The largest absolute Gasteiger partial charge is 0.321 e. The van der Waals surface area contributed by atoms with Gasteiger partial charge in [-0.05, 0) is 99.7 Å². The summed E-state index contributed by atoms with van der Waals surface area (Å²) < 4.78 is 2.30. The first-order chi connectivity index (χ1) is 30.6. The Bertz CT molecular complexity index is 3200. The Morgan fingerprint density at radius 2 is 0.969 bits per heavy atom. The third-order valence-electron chi connectivity index (χ3n) is 12.6. The molecule has 0 fully saturated rings. The summed E-state index contributed by atoms with van der Waals surface area (Å²) in [7, 11) is 0. The fourth-order valence-electron chi connectivity index (χ4n) is 8.84. The highest BCUT2D eigenvalue weighted by atomic mass is 15.4. The van der Waals surface area contributed by atoms with Crippen LogP contribution in [0.25, 0.3) is 61.8 Å². The predicted octanol–water partition coefficient (Wildman–Crippen LogP) is 14.5. The van der Waals surface area contributed by atoms with Crippen LogP contribution >= 0.6 is 0 Å². The number of anilines is 4. The Morgan fingerprint density at radius 1 is 0.406 bits per heavy atom. The number of rotatable bonds is 6. The molecular weight excluding hydrogens is 783 g/mol. The molecule has 7 heteroatoms. The van der Waals surface area contributed by atoms with Gasteiger partial charge in [0.05, 0.1) is 22.4 Å². The standard InChI is InChI=1S/C57H55N7/c1-55(2,3)40-23-26-43(27-24-40)62-36-63(49-21-14-13-20-48(49)62)44-19-15-18-38(32-44)53-59-52(37-16-11-10-12-17-37)60-54(61-53)39-22-28-45-46-34-41(56(4,5)6)25-29-47(46)64(50(45)33-39)51-35-42(30-31-58-51)57(7,8)9/h10-35H,36H2,1-9H3. The van der Waals surface area contributed by atoms with Gasteiger partial charge in [-0.15, -0.1) is 0 Å². The number of para-hydroxylation sites is 2. The van der Waals surface area contributed by atoms with Gasteiger partial charge in [-0.3, -0.25) is 4.57 Å². The summed E-state index contributed by atoms with van der Waals surface area (Å²) >= 11 is 0. The van der Waals surface area contributed by atoms with Crippen molar-refractivity contribution in [1.82, 2.24) is 24.5 Å². The van der Waals surface area contributed by atoms with Gasteiger partial charge >= 0.3 is 0 Å². The molecule has 0 amide bonds. The van der Waals surface area contributed by atoms with Gasteiger partial charge in [-0.25, -0.2) is 19.9 Å². The molecule has 0 bridgehead atoms. The predicted molar refractivity (Wildman–Crippen MR) is 266 cm³/mol. The molecule has 64 heavy (non-hydrogen) atoms. The van der Waals surface area contributed by atoms with Crippen molar-refractivity contribution in [2.75, 3.05) is 16.5 Å². The summed E-state index contributed by atoms with van der Waals surface area (Å²) in [6, 6.07) is 54.2. The fraction of sp³-hybridized carbons (Fsp3) is 0.228. The van der Waals surface area contributed by atoms with E-state index in [0.29, 0.717) is 24.1 Å². The molecule has 9 aromatic rings. The molecule has 0 spiro atoms. The van der Waals surface area contributed by atoms with Crippen LogP contribution in [0.4, 0.5) is 22.7 Å². The number of pyridine rings is 1. The van der Waals surface area contributed by atoms with Crippen molar-refractivity contribution in [3.63, 3.8) is 0 Å². The molecule has 0 unspecified atom stereocenters. The molecule has 0 aliphatic carbocycles. The Balaban J connectivity index is 1.10. The smallest absolute Gasteiger partial charge is 0.164 e. The second-order valence-corrected chi connectivity index (χ2v) is 20.2. The minimum Gasteiger partial charge on any atom is -0.321 e. The highest BCUT2D eigenvalue weighted by Crippen LogP contribution is 2.45. The van der Waals surface area contributed by atoms with E-state index in [1.54, 1.807) is 0 Å². The first-order valence-corrected chi connectivity index (χ1v) is 22.3. The van der Waals surface area contributed by atoms with Crippen LogP contribution in [0.5, 0.6) is 0 Å². The van der Waals surface area contributed by atoms with E-state index in [-0.39, 0.29) is 16.2 Å². The maximum Gasteiger partial charge on any atom is 0.164 e. The summed E-state index contributed by atoms with van der Waals surface area (Å²) in [6.07, 6.45) is 1.93. The van der Waals surface area contributed by atoms with E-state index in [1.165, 1.54) is 27.8 Å². The van der Waals surface area contributed by atoms with Gasteiger partial charge in [0.1, 0.15) is 12.5 Å². The van der Waals surface area contributed by atoms with Crippen molar-refractivity contribution < 1.29 is 0 Å². The maximum atomic E-state index is 5.28. The highest BCUT2D eigenvalue weighted by Gasteiger charge is 2.29. The first kappa shape index (κ1) is 40.9. The highest BCUT2D eigenvalue weighted by molar-refractivity contribution is 6.10. The van der Waals surface area contributed by atoms with E-state index in [4.69, 9.17) is 19.9 Å². The van der Waals surface area contributed by atoms with Crippen LogP contribution in [-0.2, 0) is 16.2 Å². The van der Waals surface area contributed by atoms with Crippen molar-refractivity contribution in [2.24, 2.45) is 0 Å². The van der Waals surface area contributed by atoms with Crippen LogP contribution in [0.15, 0.2) is 158 Å². The van der Waals surface area contributed by atoms with Crippen molar-refractivity contribution >= 4 is 44.6 Å². The van der Waals surface area contributed by atoms with Crippen molar-refractivity contribution in [2.45, 2.75) is 78.6 Å². The van der Waals surface area contributed by atoms with Crippen LogP contribution < -0.4 is 9.80 Å². The molecule has 318 valence electrons. The lowest BCUT2D eigenvalue weighted by atomic mass is 9.86. The molecular formula is C57H55N7. The number of hydrogen-bond donors (Lipinski definition) is 0. The van der Waals surface area contributed by atoms with Crippen molar-refractivity contribution in [1.29, 1.82) is 0 Å². The zero-order valence-corrected chi connectivity index (χ0v) is 38.3. The number of aromatic nitrogens is 5. The van der Waals surface area contributed by atoms with Gasteiger partial charge in [-0.2, -0.15) is 0 Å². The van der Waals surface area contributed by atoms with Crippen LogP contribution in [0.2, 0.25) is 0 Å². The van der Waals surface area contributed by atoms with E-state index in [2.05, 4.69) is 210 Å². The lowest BCUT2D eigenvalue weighted by Gasteiger charge is -2.24. The Labute approximate surface area is 377 Å². The lowest BCUT2D eigenvalue weighted by Crippen LogP contribution is -2.24.